The van der Waals surface area contributed by atoms with Crippen molar-refractivity contribution in [3.05, 3.63) is 24.0 Å². The Labute approximate surface area is 111 Å². The Hall–Kier alpha value is -1.13. The van der Waals surface area contributed by atoms with Crippen LogP contribution in [0.5, 0.6) is 0 Å². The van der Waals surface area contributed by atoms with Crippen LogP contribution in [-0.4, -0.2) is 51.2 Å². The van der Waals surface area contributed by atoms with Crippen LogP contribution in [0.1, 0.15) is 25.1 Å². The molecule has 1 N–H and O–H groups in total. The van der Waals surface area contributed by atoms with Gasteiger partial charge in [0.05, 0.1) is 17.6 Å². The predicted molar refractivity (Wildman–Crippen MR) is 78.2 cm³/mol. The molecule has 0 amide bonds. The normalized spacial score (nSPS) is 12.8. The van der Waals surface area contributed by atoms with E-state index in [9.17, 15) is 0 Å². The van der Waals surface area contributed by atoms with Crippen molar-refractivity contribution in [2.45, 2.75) is 19.4 Å². The lowest BCUT2D eigenvalue weighted by Crippen LogP contribution is -2.28. The zero-order chi connectivity index (χ0) is 13.5. The van der Waals surface area contributed by atoms with Gasteiger partial charge in [-0.15, -0.1) is 0 Å². The van der Waals surface area contributed by atoms with Gasteiger partial charge in [-0.3, -0.25) is 4.98 Å². The van der Waals surface area contributed by atoms with E-state index in [1.54, 1.807) is 0 Å². The van der Waals surface area contributed by atoms with Gasteiger partial charge < -0.3 is 15.1 Å². The fraction of sp³-hybridized carbons (Fsp3) is 0.643. The third-order valence-corrected chi connectivity index (χ3v) is 3.21. The third kappa shape index (κ3) is 4.27. The summed E-state index contributed by atoms with van der Waals surface area (Å²) >= 11 is 0. The highest BCUT2D eigenvalue weighted by Gasteiger charge is 2.08. The van der Waals surface area contributed by atoms with Crippen molar-refractivity contribution in [2.75, 3.05) is 46.2 Å². The number of aromatic nitrogens is 1. The number of anilines is 1. The van der Waals surface area contributed by atoms with E-state index in [4.69, 9.17) is 0 Å². The van der Waals surface area contributed by atoms with E-state index in [0.29, 0.717) is 6.04 Å². The zero-order valence-electron chi connectivity index (χ0n) is 12.3. The van der Waals surface area contributed by atoms with Gasteiger partial charge in [-0.25, -0.2) is 0 Å². The van der Waals surface area contributed by atoms with Crippen LogP contribution in [0.15, 0.2) is 18.3 Å². The van der Waals surface area contributed by atoms with Crippen LogP contribution in [0.3, 0.4) is 0 Å². The minimum Gasteiger partial charge on any atom is -0.372 e. The van der Waals surface area contributed by atoms with Gasteiger partial charge in [0.2, 0.25) is 0 Å². The van der Waals surface area contributed by atoms with Crippen LogP contribution < -0.4 is 10.2 Å². The second kappa shape index (κ2) is 7.34. The number of likely N-dealkylation sites (N-methyl/N-ethyl adjacent to an activating group) is 2. The van der Waals surface area contributed by atoms with E-state index < -0.39 is 0 Å². The molecule has 102 valence electrons. The second-order valence-electron chi connectivity index (χ2n) is 4.92. The van der Waals surface area contributed by atoms with Gasteiger partial charge in [0.1, 0.15) is 0 Å². The Morgan fingerprint density at radius 1 is 1.22 bits per heavy atom. The van der Waals surface area contributed by atoms with E-state index >= 15 is 0 Å². The van der Waals surface area contributed by atoms with Gasteiger partial charge in [0.25, 0.3) is 0 Å². The molecule has 0 aliphatic heterocycles. The van der Waals surface area contributed by atoms with Gasteiger partial charge in [-0.2, -0.15) is 0 Å². The summed E-state index contributed by atoms with van der Waals surface area (Å²) in [6.45, 7) is 4.23. The highest BCUT2D eigenvalue weighted by atomic mass is 15.2. The number of hydrogen-bond acceptors (Lipinski definition) is 4. The fourth-order valence-electron chi connectivity index (χ4n) is 1.87. The van der Waals surface area contributed by atoms with Crippen LogP contribution in [0.25, 0.3) is 0 Å². The Kier molecular flexibility index (Phi) is 6.09. The van der Waals surface area contributed by atoms with E-state index in [2.05, 4.69) is 60.3 Å². The Morgan fingerprint density at radius 3 is 2.39 bits per heavy atom. The summed E-state index contributed by atoms with van der Waals surface area (Å²) in [6.07, 6.45) is 3.02. The van der Waals surface area contributed by atoms with Gasteiger partial charge in [-0.05, 0) is 39.7 Å². The number of hydrogen-bond donors (Lipinski definition) is 1. The molecular weight excluding hydrogens is 224 g/mol. The first kappa shape index (κ1) is 14.9. The van der Waals surface area contributed by atoms with Crippen LogP contribution in [0.4, 0.5) is 5.69 Å². The zero-order valence-corrected chi connectivity index (χ0v) is 12.3. The molecular formula is C14H26N4. The maximum absolute atomic E-state index is 4.55. The summed E-state index contributed by atoms with van der Waals surface area (Å²) in [6, 6.07) is 4.62. The summed E-state index contributed by atoms with van der Waals surface area (Å²) < 4.78 is 0. The molecule has 1 rings (SSSR count). The molecule has 0 aliphatic rings. The molecule has 1 heterocycles. The molecule has 0 aromatic carbocycles. The standard InChI is InChI=1S/C14H26N4/c1-6-13(15-2)14-8-7-12(11-16-14)18(5)10-9-17(3)4/h7-8,11,13,15H,6,9-10H2,1-5H3. The summed E-state index contributed by atoms with van der Waals surface area (Å²) in [5.74, 6) is 0. The van der Waals surface area contributed by atoms with Crippen LogP contribution >= 0.6 is 0 Å². The topological polar surface area (TPSA) is 31.4 Å². The Balaban J connectivity index is 2.64. The molecule has 4 nitrogen and oxygen atoms in total. The van der Waals surface area contributed by atoms with E-state index in [1.165, 1.54) is 5.69 Å². The summed E-state index contributed by atoms with van der Waals surface area (Å²) in [7, 11) is 8.27. The van der Waals surface area contributed by atoms with E-state index in [0.717, 1.165) is 25.2 Å². The number of pyridine rings is 1. The summed E-state index contributed by atoms with van der Waals surface area (Å²) in [5, 5.41) is 3.27. The molecule has 1 aromatic rings. The minimum absolute atomic E-state index is 0.353. The molecule has 0 saturated heterocycles. The van der Waals surface area contributed by atoms with E-state index in [-0.39, 0.29) is 0 Å². The summed E-state index contributed by atoms with van der Waals surface area (Å²) in [4.78, 5) is 8.97. The van der Waals surface area contributed by atoms with Crippen molar-refractivity contribution < 1.29 is 0 Å². The van der Waals surface area contributed by atoms with Crippen LogP contribution in [-0.2, 0) is 0 Å². The Bertz CT molecular complexity index is 330. The number of nitrogens with zero attached hydrogens (tertiary/aromatic N) is 3. The fourth-order valence-corrected chi connectivity index (χ4v) is 1.87. The minimum atomic E-state index is 0.353. The molecule has 0 radical (unpaired) electrons. The number of rotatable bonds is 7. The van der Waals surface area contributed by atoms with E-state index in [1.807, 2.05) is 13.2 Å². The van der Waals surface area contributed by atoms with Crippen molar-refractivity contribution in [1.29, 1.82) is 0 Å². The highest BCUT2D eigenvalue weighted by molar-refractivity contribution is 5.43. The SMILES string of the molecule is CCC(NC)c1ccc(N(C)CCN(C)C)cn1. The van der Waals surface area contributed by atoms with Crippen molar-refractivity contribution in [3.8, 4) is 0 Å². The van der Waals surface area contributed by atoms with Crippen molar-refractivity contribution in [2.24, 2.45) is 0 Å². The second-order valence-corrected chi connectivity index (χ2v) is 4.92. The summed E-state index contributed by atoms with van der Waals surface area (Å²) in [5.41, 5.74) is 2.29. The van der Waals surface area contributed by atoms with Crippen molar-refractivity contribution in [3.63, 3.8) is 0 Å². The molecule has 0 bridgehead atoms. The molecule has 0 fully saturated rings. The first-order valence-electron chi connectivity index (χ1n) is 6.57. The smallest absolute Gasteiger partial charge is 0.0574 e. The number of nitrogens with one attached hydrogen (secondary N) is 1. The molecule has 0 aliphatic carbocycles. The average molecular weight is 250 g/mol. The first-order valence-corrected chi connectivity index (χ1v) is 6.57. The monoisotopic (exact) mass is 250 g/mol. The van der Waals surface area contributed by atoms with Gasteiger partial charge in [0.15, 0.2) is 0 Å². The molecule has 1 aromatic heterocycles. The van der Waals surface area contributed by atoms with Crippen molar-refractivity contribution in [1.82, 2.24) is 15.2 Å². The highest BCUT2D eigenvalue weighted by Crippen LogP contribution is 2.17. The maximum Gasteiger partial charge on any atom is 0.0574 e. The maximum atomic E-state index is 4.55. The molecule has 1 atom stereocenters. The first-order chi connectivity index (χ1) is 8.58. The van der Waals surface area contributed by atoms with Crippen LogP contribution in [0.2, 0.25) is 0 Å². The molecule has 1 unspecified atom stereocenters. The lowest BCUT2D eigenvalue weighted by Gasteiger charge is -2.22. The van der Waals surface area contributed by atoms with Crippen LogP contribution in [0, 0.1) is 0 Å². The Morgan fingerprint density at radius 2 is 1.94 bits per heavy atom. The average Bonchev–Trinajstić information content (AvgIpc) is 2.38. The molecule has 4 heteroatoms. The molecule has 18 heavy (non-hydrogen) atoms. The lowest BCUT2D eigenvalue weighted by atomic mass is 10.1. The van der Waals surface area contributed by atoms with Gasteiger partial charge >= 0.3 is 0 Å². The lowest BCUT2D eigenvalue weighted by molar-refractivity contribution is 0.416. The predicted octanol–water partition coefficient (Wildman–Crippen LogP) is 1.75. The van der Waals surface area contributed by atoms with Crippen molar-refractivity contribution >= 4 is 5.69 Å². The van der Waals surface area contributed by atoms with Gasteiger partial charge in [-0.1, -0.05) is 6.92 Å². The molecule has 0 spiro atoms. The molecule has 0 saturated carbocycles. The third-order valence-electron chi connectivity index (χ3n) is 3.21. The largest absolute Gasteiger partial charge is 0.372 e. The quantitative estimate of drug-likeness (QED) is 0.799. The van der Waals surface area contributed by atoms with Gasteiger partial charge in [0, 0.05) is 26.2 Å².